The van der Waals surface area contributed by atoms with Crippen LogP contribution >= 0.6 is 0 Å². The highest BCUT2D eigenvalue weighted by Gasteiger charge is 2.19. The maximum Gasteiger partial charge on any atom is 0.326 e. The highest BCUT2D eigenvalue weighted by molar-refractivity contribution is 5.99. The van der Waals surface area contributed by atoms with Crippen molar-refractivity contribution < 1.29 is 28.7 Å². The lowest BCUT2D eigenvalue weighted by Gasteiger charge is -2.14. The van der Waals surface area contributed by atoms with E-state index in [4.69, 9.17) is 9.47 Å². The maximum atomic E-state index is 12.3. The van der Waals surface area contributed by atoms with Gasteiger partial charge in [0.25, 0.3) is 11.8 Å². The van der Waals surface area contributed by atoms with E-state index < -0.39 is 30.4 Å². The van der Waals surface area contributed by atoms with Crippen molar-refractivity contribution in [2.24, 2.45) is 0 Å². The third kappa shape index (κ3) is 6.44. The van der Waals surface area contributed by atoms with Crippen LogP contribution in [0, 0.1) is 0 Å². The summed E-state index contributed by atoms with van der Waals surface area (Å²) >= 11 is 0. The fourth-order valence-corrected chi connectivity index (χ4v) is 2.51. The number of nitrogens with one attached hydrogen (secondary N) is 2. The van der Waals surface area contributed by atoms with Crippen LogP contribution in [0.2, 0.25) is 0 Å². The number of amides is 2. The SMILES string of the molecule is CCOc1ccccc1C(=O)NCC(=O)O[C@@H](C)C(=O)Nc1ccc(C(C)=O)cc1. The van der Waals surface area contributed by atoms with Gasteiger partial charge in [-0.05, 0) is 57.2 Å². The molecule has 0 aliphatic carbocycles. The molecule has 0 radical (unpaired) electrons. The van der Waals surface area contributed by atoms with Gasteiger partial charge in [-0.3, -0.25) is 19.2 Å². The Kier molecular flexibility index (Phi) is 8.10. The molecule has 1 atom stereocenters. The molecule has 2 amide bonds. The van der Waals surface area contributed by atoms with Crippen LogP contribution < -0.4 is 15.4 Å². The zero-order valence-corrected chi connectivity index (χ0v) is 17.1. The van der Waals surface area contributed by atoms with Crippen LogP contribution in [0.5, 0.6) is 5.75 Å². The predicted octanol–water partition coefficient (Wildman–Crippen LogP) is 2.59. The van der Waals surface area contributed by atoms with Crippen molar-refractivity contribution in [2.75, 3.05) is 18.5 Å². The Morgan fingerprint density at radius 1 is 1.00 bits per heavy atom. The van der Waals surface area contributed by atoms with E-state index in [-0.39, 0.29) is 5.78 Å². The Labute approximate surface area is 174 Å². The van der Waals surface area contributed by atoms with E-state index >= 15 is 0 Å². The minimum absolute atomic E-state index is 0.0823. The second-order valence-electron chi connectivity index (χ2n) is 6.37. The van der Waals surface area contributed by atoms with Crippen LogP contribution in [0.15, 0.2) is 48.5 Å². The molecule has 0 heterocycles. The van der Waals surface area contributed by atoms with Crippen molar-refractivity contribution in [1.29, 1.82) is 0 Å². The normalized spacial score (nSPS) is 11.2. The number of carbonyl (C=O) groups excluding carboxylic acids is 4. The number of Topliss-reactive ketones (excluding diaryl/α,β-unsaturated/α-hetero) is 1. The predicted molar refractivity (Wildman–Crippen MR) is 111 cm³/mol. The minimum Gasteiger partial charge on any atom is -0.493 e. The Hall–Kier alpha value is -3.68. The van der Waals surface area contributed by atoms with Crippen LogP contribution in [0.1, 0.15) is 41.5 Å². The number of benzene rings is 2. The molecule has 2 aromatic rings. The summed E-state index contributed by atoms with van der Waals surface area (Å²) in [6.45, 7) is 4.67. The molecule has 0 spiro atoms. The topological polar surface area (TPSA) is 111 Å². The van der Waals surface area contributed by atoms with Gasteiger partial charge < -0.3 is 20.1 Å². The number of ether oxygens (including phenoxy) is 2. The van der Waals surface area contributed by atoms with Crippen LogP contribution in [0.4, 0.5) is 5.69 Å². The Morgan fingerprint density at radius 3 is 2.30 bits per heavy atom. The van der Waals surface area contributed by atoms with Crippen molar-refractivity contribution in [3.8, 4) is 5.75 Å². The zero-order valence-electron chi connectivity index (χ0n) is 17.1. The monoisotopic (exact) mass is 412 g/mol. The largest absolute Gasteiger partial charge is 0.493 e. The second-order valence-corrected chi connectivity index (χ2v) is 6.37. The van der Waals surface area contributed by atoms with E-state index in [1.165, 1.54) is 13.8 Å². The average molecular weight is 412 g/mol. The molecule has 0 unspecified atom stereocenters. The average Bonchev–Trinajstić information content (AvgIpc) is 2.73. The first kappa shape index (κ1) is 22.6. The molecule has 0 aliphatic rings. The lowest BCUT2D eigenvalue weighted by Crippen LogP contribution is -2.36. The van der Waals surface area contributed by atoms with E-state index in [9.17, 15) is 19.2 Å². The van der Waals surface area contributed by atoms with Crippen molar-refractivity contribution in [1.82, 2.24) is 5.32 Å². The summed E-state index contributed by atoms with van der Waals surface area (Å²) in [5.41, 5.74) is 1.29. The van der Waals surface area contributed by atoms with E-state index in [1.54, 1.807) is 55.5 Å². The van der Waals surface area contributed by atoms with Gasteiger partial charge in [0.15, 0.2) is 11.9 Å². The summed E-state index contributed by atoms with van der Waals surface area (Å²) in [7, 11) is 0. The first-order valence-electron chi connectivity index (χ1n) is 9.43. The molecular formula is C22H24N2O6. The first-order valence-corrected chi connectivity index (χ1v) is 9.43. The second kappa shape index (κ2) is 10.8. The molecule has 0 saturated carbocycles. The van der Waals surface area contributed by atoms with Gasteiger partial charge in [0.2, 0.25) is 0 Å². The molecule has 0 aromatic heterocycles. The van der Waals surface area contributed by atoms with Gasteiger partial charge in [0.1, 0.15) is 12.3 Å². The smallest absolute Gasteiger partial charge is 0.326 e. The Balaban J connectivity index is 1.84. The summed E-state index contributed by atoms with van der Waals surface area (Å²) in [6, 6.07) is 13.0. The van der Waals surface area contributed by atoms with Gasteiger partial charge in [0.05, 0.1) is 12.2 Å². The molecular weight excluding hydrogens is 388 g/mol. The van der Waals surface area contributed by atoms with Crippen molar-refractivity contribution >= 4 is 29.3 Å². The van der Waals surface area contributed by atoms with Crippen LogP contribution in [0.25, 0.3) is 0 Å². The fraction of sp³-hybridized carbons (Fsp3) is 0.273. The number of carbonyl (C=O) groups is 4. The molecule has 0 bridgehead atoms. The molecule has 0 saturated heterocycles. The molecule has 30 heavy (non-hydrogen) atoms. The van der Waals surface area contributed by atoms with Gasteiger partial charge in [-0.15, -0.1) is 0 Å². The summed E-state index contributed by atoms with van der Waals surface area (Å²) < 4.78 is 10.4. The third-order valence-electron chi connectivity index (χ3n) is 4.06. The number of esters is 1. The fourth-order valence-electron chi connectivity index (χ4n) is 2.51. The molecule has 0 aliphatic heterocycles. The van der Waals surface area contributed by atoms with Crippen LogP contribution in [-0.2, 0) is 14.3 Å². The zero-order chi connectivity index (χ0) is 22.1. The number of hydrogen-bond donors (Lipinski definition) is 2. The highest BCUT2D eigenvalue weighted by atomic mass is 16.5. The van der Waals surface area contributed by atoms with Gasteiger partial charge in [-0.2, -0.15) is 0 Å². The van der Waals surface area contributed by atoms with E-state index in [2.05, 4.69) is 10.6 Å². The number of para-hydroxylation sites is 1. The number of ketones is 1. The maximum absolute atomic E-state index is 12.3. The molecule has 8 nitrogen and oxygen atoms in total. The lowest BCUT2D eigenvalue weighted by molar-refractivity contribution is -0.152. The van der Waals surface area contributed by atoms with Gasteiger partial charge >= 0.3 is 5.97 Å². The third-order valence-corrected chi connectivity index (χ3v) is 4.06. The van der Waals surface area contributed by atoms with Crippen molar-refractivity contribution in [3.63, 3.8) is 0 Å². The summed E-state index contributed by atoms with van der Waals surface area (Å²) in [4.78, 5) is 47.7. The number of hydrogen-bond acceptors (Lipinski definition) is 6. The molecule has 2 aromatic carbocycles. The van der Waals surface area contributed by atoms with E-state index in [1.807, 2.05) is 0 Å². The van der Waals surface area contributed by atoms with E-state index in [0.717, 1.165) is 0 Å². The Bertz CT molecular complexity index is 923. The molecule has 8 heteroatoms. The Morgan fingerprint density at radius 2 is 1.67 bits per heavy atom. The number of anilines is 1. The van der Waals surface area contributed by atoms with Crippen molar-refractivity contribution in [3.05, 3.63) is 59.7 Å². The first-order chi connectivity index (χ1) is 14.3. The molecule has 2 N–H and O–H groups in total. The van der Waals surface area contributed by atoms with Gasteiger partial charge in [-0.25, -0.2) is 0 Å². The van der Waals surface area contributed by atoms with Crippen LogP contribution in [0.3, 0.4) is 0 Å². The van der Waals surface area contributed by atoms with Gasteiger partial charge in [-0.1, -0.05) is 12.1 Å². The quantitative estimate of drug-likeness (QED) is 0.484. The summed E-state index contributed by atoms with van der Waals surface area (Å²) in [5.74, 6) is -1.45. The lowest BCUT2D eigenvalue weighted by atomic mass is 10.1. The van der Waals surface area contributed by atoms with E-state index in [0.29, 0.717) is 29.2 Å². The molecule has 2 rings (SSSR count). The minimum atomic E-state index is -1.07. The molecule has 158 valence electrons. The summed E-state index contributed by atoms with van der Waals surface area (Å²) in [6.07, 6.45) is -1.07. The number of rotatable bonds is 9. The summed E-state index contributed by atoms with van der Waals surface area (Å²) in [5, 5.41) is 5.05. The van der Waals surface area contributed by atoms with Crippen LogP contribution in [-0.4, -0.2) is 42.8 Å². The van der Waals surface area contributed by atoms with Crippen molar-refractivity contribution in [2.45, 2.75) is 26.9 Å². The molecule has 0 fully saturated rings. The van der Waals surface area contributed by atoms with Gasteiger partial charge in [0, 0.05) is 11.3 Å². The highest BCUT2D eigenvalue weighted by Crippen LogP contribution is 2.17. The standard InChI is InChI=1S/C22H24N2O6/c1-4-29-19-8-6-5-7-18(19)22(28)23-13-20(26)30-15(3)21(27)24-17-11-9-16(10-12-17)14(2)25/h5-12,15H,4,13H2,1-3H3,(H,23,28)(H,24,27)/t15-/m0/s1.